The molecule has 19 heavy (non-hydrogen) atoms. The van der Waals surface area contributed by atoms with Crippen LogP contribution in [0.2, 0.25) is 0 Å². The van der Waals surface area contributed by atoms with Gasteiger partial charge in [0, 0.05) is 16.8 Å². The lowest BCUT2D eigenvalue weighted by Crippen LogP contribution is -2.99. The van der Waals surface area contributed by atoms with E-state index in [1.165, 1.54) is 0 Å². The van der Waals surface area contributed by atoms with E-state index >= 15 is 0 Å². The van der Waals surface area contributed by atoms with E-state index in [4.69, 9.17) is 0 Å². The van der Waals surface area contributed by atoms with Crippen LogP contribution in [0.15, 0.2) is 54.6 Å². The fraction of sp³-hybridized carbons (Fsp3) is 0. The van der Waals surface area contributed by atoms with Gasteiger partial charge < -0.3 is 5.21 Å². The molecule has 1 atom stereocenters. The smallest absolute Gasteiger partial charge is 0.171 e. The zero-order chi connectivity index (χ0) is 13.0. The molecule has 0 bridgehead atoms. The molecule has 0 heterocycles. The Hall–Kier alpha value is -2.20. The van der Waals surface area contributed by atoms with Crippen LogP contribution >= 0.6 is 0 Å². The molecule has 0 saturated heterocycles. The van der Waals surface area contributed by atoms with E-state index in [9.17, 15) is 10.4 Å². The third-order valence-electron chi connectivity index (χ3n) is 3.76. The molecule has 4 rings (SSSR count). The average molecular weight is 249 g/mol. The third kappa shape index (κ3) is 1.37. The van der Waals surface area contributed by atoms with Crippen molar-refractivity contribution in [2.24, 2.45) is 0 Å². The van der Waals surface area contributed by atoms with Crippen LogP contribution in [0.1, 0.15) is 0 Å². The highest BCUT2D eigenvalue weighted by atomic mass is 16.8. The molecular weight excluding hydrogens is 238 g/mol. The number of hydrogen-bond acceptors (Lipinski definition) is 2. The standard InChI is InChI=1S/C16H11NO2/c18-17(19)14-9-7-12-5-4-10-2-1-3-11-6-8-13(14)16(12)15(10)11/h1-9,17-18H. The molecule has 1 unspecified atom stereocenters. The first-order valence-electron chi connectivity index (χ1n) is 6.15. The van der Waals surface area contributed by atoms with Gasteiger partial charge in [-0.3, -0.25) is 0 Å². The maximum absolute atomic E-state index is 11.3. The molecule has 0 aliphatic carbocycles. The van der Waals surface area contributed by atoms with Crippen LogP contribution in [0.3, 0.4) is 0 Å². The number of hydrogen-bond donors (Lipinski definition) is 2. The Bertz CT molecular complexity index is 883. The highest BCUT2D eigenvalue weighted by Crippen LogP contribution is 2.36. The van der Waals surface area contributed by atoms with Crippen molar-refractivity contribution in [3.8, 4) is 0 Å². The van der Waals surface area contributed by atoms with Gasteiger partial charge in [0.25, 0.3) is 0 Å². The molecule has 0 aliphatic heterocycles. The molecule has 0 aliphatic rings. The van der Waals surface area contributed by atoms with Gasteiger partial charge in [-0.05, 0) is 33.7 Å². The monoisotopic (exact) mass is 249 g/mol. The lowest BCUT2D eigenvalue weighted by atomic mass is 9.94. The topological polar surface area (TPSA) is 47.7 Å². The SMILES string of the molecule is [O-][NH+](O)c1ccc2ccc3cccc4ccc1c2c34. The summed E-state index contributed by atoms with van der Waals surface area (Å²) in [6.07, 6.45) is 0. The molecular formula is C16H11NO2. The zero-order valence-corrected chi connectivity index (χ0v) is 10.1. The molecule has 0 amide bonds. The van der Waals surface area contributed by atoms with E-state index in [0.717, 1.165) is 32.3 Å². The molecule has 0 aromatic heterocycles. The van der Waals surface area contributed by atoms with Crippen molar-refractivity contribution < 1.29 is 10.4 Å². The van der Waals surface area contributed by atoms with Crippen molar-refractivity contribution in [2.45, 2.75) is 0 Å². The Morgan fingerprint density at radius 3 is 2.00 bits per heavy atom. The first-order valence-corrected chi connectivity index (χ1v) is 6.15. The summed E-state index contributed by atoms with van der Waals surface area (Å²) >= 11 is 0. The van der Waals surface area contributed by atoms with Gasteiger partial charge in [-0.1, -0.05) is 36.4 Å². The molecule has 4 aromatic rings. The third-order valence-corrected chi connectivity index (χ3v) is 3.76. The minimum absolute atomic E-state index is 0.366. The summed E-state index contributed by atoms with van der Waals surface area (Å²) in [5.41, 5.74) is 0.366. The van der Waals surface area contributed by atoms with E-state index in [0.29, 0.717) is 5.69 Å². The molecule has 3 heteroatoms. The van der Waals surface area contributed by atoms with Gasteiger partial charge in [-0.15, -0.1) is 0 Å². The van der Waals surface area contributed by atoms with Crippen molar-refractivity contribution in [3.05, 3.63) is 59.8 Å². The number of rotatable bonds is 1. The van der Waals surface area contributed by atoms with Gasteiger partial charge in [-0.25, -0.2) is 5.21 Å². The molecule has 0 radical (unpaired) electrons. The predicted octanol–water partition coefficient (Wildman–Crippen LogP) is 2.99. The Morgan fingerprint density at radius 2 is 1.32 bits per heavy atom. The Kier molecular flexibility index (Phi) is 2.05. The summed E-state index contributed by atoms with van der Waals surface area (Å²) < 4.78 is 0. The summed E-state index contributed by atoms with van der Waals surface area (Å²) in [6, 6.07) is 17.8. The summed E-state index contributed by atoms with van der Waals surface area (Å²) in [6.45, 7) is 0. The normalized spacial score (nSPS) is 13.6. The Labute approximate surface area is 109 Å². The van der Waals surface area contributed by atoms with Crippen molar-refractivity contribution in [2.75, 3.05) is 0 Å². The summed E-state index contributed by atoms with van der Waals surface area (Å²) in [5, 5.41) is 26.2. The van der Waals surface area contributed by atoms with Gasteiger partial charge in [-0.2, -0.15) is 5.23 Å². The van der Waals surface area contributed by atoms with Gasteiger partial charge in [0.2, 0.25) is 0 Å². The summed E-state index contributed by atoms with van der Waals surface area (Å²) in [7, 11) is 0. The Balaban J connectivity index is 2.35. The number of quaternary nitrogens is 1. The van der Waals surface area contributed by atoms with Crippen LogP contribution < -0.4 is 5.23 Å². The highest BCUT2D eigenvalue weighted by molar-refractivity contribution is 6.24. The van der Waals surface area contributed by atoms with Gasteiger partial charge in [0.15, 0.2) is 5.69 Å². The van der Waals surface area contributed by atoms with Crippen LogP contribution in [0.5, 0.6) is 0 Å². The second-order valence-electron chi connectivity index (χ2n) is 4.77. The molecule has 2 N–H and O–H groups in total. The van der Waals surface area contributed by atoms with Crippen molar-refractivity contribution in [1.82, 2.24) is 0 Å². The lowest BCUT2D eigenvalue weighted by Gasteiger charge is -2.16. The van der Waals surface area contributed by atoms with Crippen LogP contribution in [0, 0.1) is 5.21 Å². The van der Waals surface area contributed by atoms with Crippen LogP contribution in [-0.2, 0) is 0 Å². The van der Waals surface area contributed by atoms with E-state index in [-0.39, 0.29) is 0 Å². The largest absolute Gasteiger partial charge is 0.595 e. The molecule has 4 aromatic carbocycles. The van der Waals surface area contributed by atoms with E-state index < -0.39 is 5.23 Å². The Morgan fingerprint density at radius 1 is 0.737 bits per heavy atom. The van der Waals surface area contributed by atoms with Gasteiger partial charge >= 0.3 is 0 Å². The summed E-state index contributed by atoms with van der Waals surface area (Å²) in [5.74, 6) is 0. The predicted molar refractivity (Wildman–Crippen MR) is 75.9 cm³/mol. The first kappa shape index (κ1) is 10.7. The fourth-order valence-corrected chi connectivity index (χ4v) is 2.92. The maximum Gasteiger partial charge on any atom is 0.171 e. The zero-order valence-electron chi connectivity index (χ0n) is 10.1. The average Bonchev–Trinajstić information content (AvgIpc) is 2.44. The number of nitrogens with one attached hydrogen (secondary N) is 1. The fourth-order valence-electron chi connectivity index (χ4n) is 2.92. The van der Waals surface area contributed by atoms with Crippen LogP contribution in [0.4, 0.5) is 5.69 Å². The number of benzene rings is 4. The quantitative estimate of drug-likeness (QED) is 0.402. The summed E-state index contributed by atoms with van der Waals surface area (Å²) in [4.78, 5) is 0. The molecule has 0 spiro atoms. The van der Waals surface area contributed by atoms with Crippen LogP contribution in [-0.4, -0.2) is 5.21 Å². The first-order chi connectivity index (χ1) is 9.25. The van der Waals surface area contributed by atoms with Crippen molar-refractivity contribution >= 4 is 38.0 Å². The second-order valence-corrected chi connectivity index (χ2v) is 4.77. The van der Waals surface area contributed by atoms with Gasteiger partial charge in [0.05, 0.1) is 0 Å². The van der Waals surface area contributed by atoms with Crippen molar-refractivity contribution in [3.63, 3.8) is 0 Å². The highest BCUT2D eigenvalue weighted by Gasteiger charge is 2.13. The molecule has 0 saturated carbocycles. The minimum Gasteiger partial charge on any atom is -0.595 e. The second kappa shape index (κ2) is 3.65. The lowest BCUT2D eigenvalue weighted by molar-refractivity contribution is -0.990. The van der Waals surface area contributed by atoms with E-state index in [1.807, 2.05) is 24.3 Å². The van der Waals surface area contributed by atoms with E-state index in [2.05, 4.69) is 24.3 Å². The van der Waals surface area contributed by atoms with E-state index in [1.54, 1.807) is 6.07 Å². The molecule has 92 valence electrons. The minimum atomic E-state index is -0.877. The molecule has 0 fully saturated rings. The molecule has 3 nitrogen and oxygen atoms in total. The van der Waals surface area contributed by atoms with Crippen molar-refractivity contribution in [1.29, 1.82) is 0 Å². The van der Waals surface area contributed by atoms with Crippen LogP contribution in [0.25, 0.3) is 32.3 Å². The maximum atomic E-state index is 11.3. The van der Waals surface area contributed by atoms with Gasteiger partial charge in [0.1, 0.15) is 0 Å².